The summed E-state index contributed by atoms with van der Waals surface area (Å²) in [7, 11) is 0. The molecule has 1 N–H and O–H groups in total. The van der Waals surface area contributed by atoms with Crippen molar-refractivity contribution >= 4 is 6.03 Å². The van der Waals surface area contributed by atoms with Gasteiger partial charge in [0.2, 0.25) is 0 Å². The second-order valence-electron chi connectivity index (χ2n) is 4.01. The first-order chi connectivity index (χ1) is 7.27. The minimum Gasteiger partial charge on any atom is -0.338 e. The van der Waals surface area contributed by atoms with Crippen molar-refractivity contribution < 1.29 is 4.79 Å². The fraction of sp³-hybridized carbons (Fsp3) is 0.909. The van der Waals surface area contributed by atoms with Crippen molar-refractivity contribution in [1.82, 2.24) is 15.1 Å². The predicted molar refractivity (Wildman–Crippen MR) is 62.0 cm³/mol. The zero-order chi connectivity index (χ0) is 11.1. The molecule has 0 spiro atoms. The number of hydrogen-bond donors (Lipinski definition) is 1. The highest BCUT2D eigenvalue weighted by atomic mass is 16.2. The van der Waals surface area contributed by atoms with E-state index in [2.05, 4.69) is 24.1 Å². The molecule has 1 aliphatic rings. The number of amides is 2. The second kappa shape index (κ2) is 6.67. The molecule has 0 radical (unpaired) electrons. The number of nitrogens with one attached hydrogen (secondary N) is 1. The number of rotatable bonds is 6. The average molecular weight is 213 g/mol. The molecule has 4 nitrogen and oxygen atoms in total. The van der Waals surface area contributed by atoms with Crippen LogP contribution in [0.15, 0.2) is 0 Å². The topological polar surface area (TPSA) is 35.6 Å². The lowest BCUT2D eigenvalue weighted by Crippen LogP contribution is -2.49. The summed E-state index contributed by atoms with van der Waals surface area (Å²) < 4.78 is 0. The van der Waals surface area contributed by atoms with Gasteiger partial charge in [-0.2, -0.15) is 0 Å². The highest BCUT2D eigenvalue weighted by Gasteiger charge is 2.17. The third kappa shape index (κ3) is 4.08. The van der Waals surface area contributed by atoms with E-state index in [0.717, 1.165) is 45.7 Å². The van der Waals surface area contributed by atoms with Crippen LogP contribution in [-0.2, 0) is 0 Å². The molecule has 88 valence electrons. The summed E-state index contributed by atoms with van der Waals surface area (Å²) in [6, 6.07) is 0.105. The number of likely N-dealkylation sites (N-methyl/N-ethyl adjacent to an activating group) is 1. The van der Waals surface area contributed by atoms with Gasteiger partial charge in [-0.25, -0.2) is 4.79 Å². The summed E-state index contributed by atoms with van der Waals surface area (Å²) >= 11 is 0. The van der Waals surface area contributed by atoms with Crippen LogP contribution in [0.3, 0.4) is 0 Å². The molecular formula is C11H23N3O. The SMILES string of the molecule is CCCN(CC)CCN1CCCNC1=O. The summed E-state index contributed by atoms with van der Waals surface area (Å²) in [5.41, 5.74) is 0. The van der Waals surface area contributed by atoms with E-state index in [-0.39, 0.29) is 6.03 Å². The molecule has 0 aromatic rings. The normalized spacial score (nSPS) is 17.0. The molecule has 1 rings (SSSR count). The Morgan fingerprint density at radius 2 is 2.20 bits per heavy atom. The number of carbonyl (C=O) groups is 1. The van der Waals surface area contributed by atoms with Gasteiger partial charge < -0.3 is 15.1 Å². The van der Waals surface area contributed by atoms with Crippen LogP contribution in [0.25, 0.3) is 0 Å². The van der Waals surface area contributed by atoms with E-state index in [1.54, 1.807) is 0 Å². The van der Waals surface area contributed by atoms with E-state index in [4.69, 9.17) is 0 Å². The molecule has 0 atom stereocenters. The Labute approximate surface area is 92.6 Å². The van der Waals surface area contributed by atoms with Crippen molar-refractivity contribution in [1.29, 1.82) is 0 Å². The summed E-state index contributed by atoms with van der Waals surface area (Å²) in [6.07, 6.45) is 2.26. The fourth-order valence-corrected chi connectivity index (χ4v) is 1.90. The first kappa shape index (κ1) is 12.3. The van der Waals surface area contributed by atoms with Crippen LogP contribution >= 0.6 is 0 Å². The molecule has 4 heteroatoms. The van der Waals surface area contributed by atoms with Crippen LogP contribution in [0.4, 0.5) is 4.79 Å². The molecule has 1 aliphatic heterocycles. The van der Waals surface area contributed by atoms with E-state index >= 15 is 0 Å². The lowest BCUT2D eigenvalue weighted by Gasteiger charge is -2.30. The molecule has 0 aliphatic carbocycles. The Balaban J connectivity index is 2.24. The molecule has 15 heavy (non-hydrogen) atoms. The van der Waals surface area contributed by atoms with Gasteiger partial charge >= 0.3 is 6.03 Å². The van der Waals surface area contributed by atoms with Crippen LogP contribution in [0.2, 0.25) is 0 Å². The van der Waals surface area contributed by atoms with E-state index in [1.165, 1.54) is 6.42 Å². The molecule has 0 aromatic carbocycles. The second-order valence-corrected chi connectivity index (χ2v) is 4.01. The van der Waals surface area contributed by atoms with Gasteiger partial charge in [-0.3, -0.25) is 0 Å². The molecule has 1 fully saturated rings. The maximum Gasteiger partial charge on any atom is 0.317 e. The molecule has 1 heterocycles. The quantitative estimate of drug-likeness (QED) is 0.718. The van der Waals surface area contributed by atoms with Gasteiger partial charge in [0.1, 0.15) is 0 Å². The van der Waals surface area contributed by atoms with Crippen molar-refractivity contribution in [2.45, 2.75) is 26.7 Å². The maximum atomic E-state index is 11.4. The molecule has 2 amide bonds. The van der Waals surface area contributed by atoms with Crippen molar-refractivity contribution in [3.05, 3.63) is 0 Å². The van der Waals surface area contributed by atoms with Gasteiger partial charge in [-0.05, 0) is 25.9 Å². The van der Waals surface area contributed by atoms with E-state index < -0.39 is 0 Å². The van der Waals surface area contributed by atoms with E-state index in [9.17, 15) is 4.79 Å². The van der Waals surface area contributed by atoms with Gasteiger partial charge in [0.25, 0.3) is 0 Å². The fourth-order valence-electron chi connectivity index (χ4n) is 1.90. The minimum absolute atomic E-state index is 0.105. The van der Waals surface area contributed by atoms with Crippen molar-refractivity contribution in [2.75, 3.05) is 39.3 Å². The summed E-state index contributed by atoms with van der Waals surface area (Å²) in [6.45, 7) is 10.2. The summed E-state index contributed by atoms with van der Waals surface area (Å²) in [4.78, 5) is 15.8. The number of hydrogen-bond acceptors (Lipinski definition) is 2. The van der Waals surface area contributed by atoms with Crippen LogP contribution in [0.5, 0.6) is 0 Å². The highest BCUT2D eigenvalue weighted by molar-refractivity contribution is 5.74. The monoisotopic (exact) mass is 213 g/mol. The number of nitrogens with zero attached hydrogens (tertiary/aromatic N) is 2. The Kier molecular flexibility index (Phi) is 5.47. The van der Waals surface area contributed by atoms with E-state index in [1.807, 2.05) is 4.90 Å². The van der Waals surface area contributed by atoms with Gasteiger partial charge in [0.05, 0.1) is 0 Å². The smallest absolute Gasteiger partial charge is 0.317 e. The van der Waals surface area contributed by atoms with Crippen LogP contribution in [0, 0.1) is 0 Å². The first-order valence-electron chi connectivity index (χ1n) is 6.03. The molecule has 0 unspecified atom stereocenters. The third-order valence-corrected chi connectivity index (χ3v) is 2.84. The first-order valence-corrected chi connectivity index (χ1v) is 6.03. The maximum absolute atomic E-state index is 11.4. The Morgan fingerprint density at radius 1 is 1.40 bits per heavy atom. The zero-order valence-electron chi connectivity index (χ0n) is 9.96. The van der Waals surface area contributed by atoms with Crippen LogP contribution in [0.1, 0.15) is 26.7 Å². The Bertz CT molecular complexity index is 196. The largest absolute Gasteiger partial charge is 0.338 e. The average Bonchev–Trinajstić information content (AvgIpc) is 2.26. The minimum atomic E-state index is 0.105. The van der Waals surface area contributed by atoms with Crippen molar-refractivity contribution in [3.8, 4) is 0 Å². The van der Waals surface area contributed by atoms with Crippen molar-refractivity contribution in [3.63, 3.8) is 0 Å². The highest BCUT2D eigenvalue weighted by Crippen LogP contribution is 2.00. The third-order valence-electron chi connectivity index (χ3n) is 2.84. The Hall–Kier alpha value is -0.770. The van der Waals surface area contributed by atoms with Crippen LogP contribution < -0.4 is 5.32 Å². The van der Waals surface area contributed by atoms with Crippen LogP contribution in [-0.4, -0.2) is 55.1 Å². The summed E-state index contributed by atoms with van der Waals surface area (Å²) in [5, 5.41) is 2.87. The predicted octanol–water partition coefficient (Wildman–Crippen LogP) is 1.13. The summed E-state index contributed by atoms with van der Waals surface area (Å²) in [5.74, 6) is 0. The zero-order valence-corrected chi connectivity index (χ0v) is 9.96. The molecule has 0 saturated carbocycles. The lowest BCUT2D eigenvalue weighted by atomic mass is 10.3. The number of carbonyl (C=O) groups excluding carboxylic acids is 1. The molecular weight excluding hydrogens is 190 g/mol. The lowest BCUT2D eigenvalue weighted by molar-refractivity contribution is 0.172. The van der Waals surface area contributed by atoms with E-state index in [0.29, 0.717) is 0 Å². The molecule has 0 bridgehead atoms. The number of urea groups is 1. The van der Waals surface area contributed by atoms with Gasteiger partial charge in [-0.15, -0.1) is 0 Å². The van der Waals surface area contributed by atoms with Gasteiger partial charge in [0, 0.05) is 26.2 Å². The van der Waals surface area contributed by atoms with Gasteiger partial charge in [-0.1, -0.05) is 13.8 Å². The van der Waals surface area contributed by atoms with Gasteiger partial charge in [0.15, 0.2) is 0 Å². The molecule has 1 saturated heterocycles. The standard InChI is InChI=1S/C11H23N3O/c1-3-7-13(4-2)9-10-14-8-5-6-12-11(14)15/h3-10H2,1-2H3,(H,12,15). The molecule has 0 aromatic heterocycles. The Morgan fingerprint density at radius 3 is 2.80 bits per heavy atom. The van der Waals surface area contributed by atoms with Crippen molar-refractivity contribution in [2.24, 2.45) is 0 Å².